The molecular formula is C18H29IN4O. The SMILES string of the molecule is C=CCNC(=NCc1ccccc1CN1CCOCC1)NCC.I. The molecule has 2 N–H and O–H groups in total. The summed E-state index contributed by atoms with van der Waals surface area (Å²) in [5.41, 5.74) is 2.62. The molecule has 1 aliphatic rings. The van der Waals surface area contributed by atoms with Crippen LogP contribution in [0.2, 0.25) is 0 Å². The third kappa shape index (κ3) is 7.19. The Labute approximate surface area is 162 Å². The van der Waals surface area contributed by atoms with Crippen molar-refractivity contribution in [2.24, 2.45) is 4.99 Å². The molecule has 1 aromatic carbocycles. The van der Waals surface area contributed by atoms with Crippen LogP contribution in [0.25, 0.3) is 0 Å². The monoisotopic (exact) mass is 444 g/mol. The molecule has 6 heteroatoms. The molecule has 0 aliphatic carbocycles. The van der Waals surface area contributed by atoms with Gasteiger partial charge in [0.25, 0.3) is 0 Å². The highest BCUT2D eigenvalue weighted by molar-refractivity contribution is 14.0. The summed E-state index contributed by atoms with van der Waals surface area (Å²) in [7, 11) is 0. The van der Waals surface area contributed by atoms with E-state index >= 15 is 0 Å². The Morgan fingerprint density at radius 1 is 1.25 bits per heavy atom. The van der Waals surface area contributed by atoms with Crippen LogP contribution in [0.1, 0.15) is 18.1 Å². The van der Waals surface area contributed by atoms with Crippen molar-refractivity contribution in [3.8, 4) is 0 Å². The number of guanidine groups is 1. The minimum atomic E-state index is 0. The zero-order valence-electron chi connectivity index (χ0n) is 14.5. The second kappa shape index (κ2) is 12.3. The maximum absolute atomic E-state index is 5.42. The molecule has 0 atom stereocenters. The van der Waals surface area contributed by atoms with Gasteiger partial charge in [-0.3, -0.25) is 4.90 Å². The summed E-state index contributed by atoms with van der Waals surface area (Å²) >= 11 is 0. The number of nitrogens with one attached hydrogen (secondary N) is 2. The molecule has 1 aliphatic heterocycles. The highest BCUT2D eigenvalue weighted by Gasteiger charge is 2.12. The van der Waals surface area contributed by atoms with Gasteiger partial charge in [0.2, 0.25) is 0 Å². The Balaban J connectivity index is 0.00000288. The molecule has 1 heterocycles. The molecule has 5 nitrogen and oxygen atoms in total. The Hall–Kier alpha value is -1.12. The summed E-state index contributed by atoms with van der Waals surface area (Å²) in [6.45, 7) is 12.7. The van der Waals surface area contributed by atoms with Gasteiger partial charge in [-0.25, -0.2) is 4.99 Å². The van der Waals surface area contributed by atoms with Crippen molar-refractivity contribution in [3.63, 3.8) is 0 Å². The van der Waals surface area contributed by atoms with Gasteiger partial charge >= 0.3 is 0 Å². The van der Waals surface area contributed by atoms with Crippen LogP contribution in [0, 0.1) is 0 Å². The standard InChI is InChI=1S/C18H28N4O.HI/c1-3-9-20-18(19-4-2)21-14-16-7-5-6-8-17(16)15-22-10-12-23-13-11-22;/h3,5-8H,1,4,9-15H2,2H3,(H2,19,20,21);1H. The van der Waals surface area contributed by atoms with Crippen molar-refractivity contribution in [1.29, 1.82) is 0 Å². The van der Waals surface area contributed by atoms with Crippen LogP contribution in [0.3, 0.4) is 0 Å². The lowest BCUT2D eigenvalue weighted by Gasteiger charge is -2.27. The number of nitrogens with zero attached hydrogens (tertiary/aromatic N) is 2. The molecule has 0 unspecified atom stereocenters. The van der Waals surface area contributed by atoms with E-state index < -0.39 is 0 Å². The number of morpholine rings is 1. The maximum atomic E-state index is 5.42. The van der Waals surface area contributed by atoms with Gasteiger partial charge in [-0.1, -0.05) is 30.3 Å². The van der Waals surface area contributed by atoms with Gasteiger partial charge in [-0.2, -0.15) is 0 Å². The molecule has 0 bridgehead atoms. The molecule has 2 rings (SSSR count). The van der Waals surface area contributed by atoms with Crippen molar-refractivity contribution in [3.05, 3.63) is 48.0 Å². The molecule has 0 spiro atoms. The van der Waals surface area contributed by atoms with Crippen LogP contribution in [0.5, 0.6) is 0 Å². The number of halogens is 1. The smallest absolute Gasteiger partial charge is 0.191 e. The summed E-state index contributed by atoms with van der Waals surface area (Å²) in [5.74, 6) is 0.827. The number of aliphatic imine (C=N–C) groups is 1. The van der Waals surface area contributed by atoms with Crippen LogP contribution >= 0.6 is 24.0 Å². The van der Waals surface area contributed by atoms with E-state index in [0.29, 0.717) is 13.1 Å². The fourth-order valence-corrected chi connectivity index (χ4v) is 2.54. The molecule has 0 amide bonds. The lowest BCUT2D eigenvalue weighted by molar-refractivity contribution is 0.0341. The Bertz CT molecular complexity index is 515. The highest BCUT2D eigenvalue weighted by Crippen LogP contribution is 2.14. The van der Waals surface area contributed by atoms with E-state index in [-0.39, 0.29) is 24.0 Å². The van der Waals surface area contributed by atoms with E-state index in [9.17, 15) is 0 Å². The van der Waals surface area contributed by atoms with Gasteiger partial charge in [0.05, 0.1) is 19.8 Å². The lowest BCUT2D eigenvalue weighted by atomic mass is 10.1. The summed E-state index contributed by atoms with van der Waals surface area (Å²) in [5, 5.41) is 6.49. The van der Waals surface area contributed by atoms with Crippen LogP contribution < -0.4 is 10.6 Å². The summed E-state index contributed by atoms with van der Waals surface area (Å²) < 4.78 is 5.42. The quantitative estimate of drug-likeness (QED) is 0.294. The summed E-state index contributed by atoms with van der Waals surface area (Å²) in [6.07, 6.45) is 1.83. The Kier molecular flexibility index (Phi) is 10.7. The van der Waals surface area contributed by atoms with Crippen molar-refractivity contribution in [2.45, 2.75) is 20.0 Å². The summed E-state index contributed by atoms with van der Waals surface area (Å²) in [6, 6.07) is 8.54. The van der Waals surface area contributed by atoms with Crippen LogP contribution in [0.15, 0.2) is 41.9 Å². The average Bonchev–Trinajstić information content (AvgIpc) is 2.59. The third-order valence-corrected chi connectivity index (χ3v) is 3.78. The lowest BCUT2D eigenvalue weighted by Crippen LogP contribution is -2.37. The zero-order chi connectivity index (χ0) is 16.3. The highest BCUT2D eigenvalue weighted by atomic mass is 127. The third-order valence-electron chi connectivity index (χ3n) is 3.78. The predicted octanol–water partition coefficient (Wildman–Crippen LogP) is 2.38. The second-order valence-electron chi connectivity index (χ2n) is 5.52. The minimum absolute atomic E-state index is 0. The minimum Gasteiger partial charge on any atom is -0.379 e. The normalized spacial score (nSPS) is 15.5. The zero-order valence-corrected chi connectivity index (χ0v) is 16.8. The van der Waals surface area contributed by atoms with Crippen molar-refractivity contribution >= 4 is 29.9 Å². The van der Waals surface area contributed by atoms with E-state index in [2.05, 4.69) is 58.3 Å². The van der Waals surface area contributed by atoms with Gasteiger partial charge in [0, 0.05) is 32.7 Å². The first-order valence-corrected chi connectivity index (χ1v) is 8.33. The molecule has 134 valence electrons. The van der Waals surface area contributed by atoms with Gasteiger partial charge in [0.1, 0.15) is 0 Å². The van der Waals surface area contributed by atoms with Gasteiger partial charge in [0.15, 0.2) is 5.96 Å². The Morgan fingerprint density at radius 3 is 2.62 bits per heavy atom. The maximum Gasteiger partial charge on any atom is 0.191 e. The molecule has 24 heavy (non-hydrogen) atoms. The molecular weight excluding hydrogens is 415 g/mol. The topological polar surface area (TPSA) is 48.9 Å². The number of rotatable bonds is 7. The Morgan fingerprint density at radius 2 is 1.96 bits per heavy atom. The molecule has 0 aromatic heterocycles. The van der Waals surface area contributed by atoms with E-state index in [4.69, 9.17) is 4.74 Å². The van der Waals surface area contributed by atoms with Gasteiger partial charge in [-0.05, 0) is 18.1 Å². The largest absolute Gasteiger partial charge is 0.379 e. The van der Waals surface area contributed by atoms with Crippen LogP contribution in [0.4, 0.5) is 0 Å². The van der Waals surface area contributed by atoms with Gasteiger partial charge < -0.3 is 15.4 Å². The van der Waals surface area contributed by atoms with Crippen molar-refractivity contribution in [1.82, 2.24) is 15.5 Å². The van der Waals surface area contributed by atoms with E-state index in [1.165, 1.54) is 11.1 Å². The average molecular weight is 444 g/mol. The van der Waals surface area contributed by atoms with E-state index in [1.54, 1.807) is 0 Å². The molecule has 0 radical (unpaired) electrons. The van der Waals surface area contributed by atoms with Crippen LogP contribution in [-0.2, 0) is 17.8 Å². The van der Waals surface area contributed by atoms with E-state index in [1.807, 2.05) is 6.08 Å². The fraction of sp³-hybridized carbons (Fsp3) is 0.500. The molecule has 1 saturated heterocycles. The first-order valence-electron chi connectivity index (χ1n) is 8.33. The predicted molar refractivity (Wildman–Crippen MR) is 111 cm³/mol. The van der Waals surface area contributed by atoms with Gasteiger partial charge in [-0.15, -0.1) is 30.6 Å². The molecule has 0 saturated carbocycles. The number of ether oxygens (including phenoxy) is 1. The van der Waals surface area contributed by atoms with Crippen molar-refractivity contribution in [2.75, 3.05) is 39.4 Å². The molecule has 1 fully saturated rings. The fourth-order valence-electron chi connectivity index (χ4n) is 2.54. The number of hydrogen-bond donors (Lipinski definition) is 2. The van der Waals surface area contributed by atoms with E-state index in [0.717, 1.165) is 45.4 Å². The number of hydrogen-bond acceptors (Lipinski definition) is 3. The first kappa shape index (κ1) is 20.9. The number of benzene rings is 1. The first-order chi connectivity index (χ1) is 11.3. The molecule has 1 aromatic rings. The van der Waals surface area contributed by atoms with Crippen LogP contribution in [-0.4, -0.2) is 50.3 Å². The summed E-state index contributed by atoms with van der Waals surface area (Å²) in [4.78, 5) is 7.12. The van der Waals surface area contributed by atoms with Crippen molar-refractivity contribution < 1.29 is 4.74 Å². The second-order valence-corrected chi connectivity index (χ2v) is 5.52.